The third-order valence-corrected chi connectivity index (χ3v) is 5.80. The maximum atomic E-state index is 11.5. The number of ether oxygens (including phenoxy) is 2. The van der Waals surface area contributed by atoms with Crippen LogP contribution in [0.15, 0.2) is 18.2 Å². The first-order valence-electron chi connectivity index (χ1n) is 6.03. The highest BCUT2D eigenvalue weighted by Gasteiger charge is 2.34. The van der Waals surface area contributed by atoms with Crippen LogP contribution in [0.5, 0.6) is 11.5 Å². The summed E-state index contributed by atoms with van der Waals surface area (Å²) in [5.74, 6) is 1.62. The number of benzene rings is 1. The average molecular weight is 305 g/mol. The van der Waals surface area contributed by atoms with E-state index in [9.17, 15) is 8.42 Å². The van der Waals surface area contributed by atoms with Gasteiger partial charge in [0.2, 0.25) is 0 Å². The fourth-order valence-corrected chi connectivity index (χ4v) is 4.69. The van der Waals surface area contributed by atoms with Gasteiger partial charge in [0, 0.05) is 5.56 Å². The first-order valence-corrected chi connectivity index (χ1v) is 8.29. The lowest BCUT2D eigenvalue weighted by Gasteiger charge is -2.19. The molecule has 4 nitrogen and oxygen atoms in total. The molecule has 0 aromatic heterocycles. The maximum Gasteiger partial charge on any atom is 0.150 e. The van der Waals surface area contributed by atoms with Crippen LogP contribution >= 0.6 is 11.6 Å². The molecule has 1 heterocycles. The van der Waals surface area contributed by atoms with Crippen LogP contribution in [0.3, 0.4) is 0 Å². The van der Waals surface area contributed by atoms with Crippen molar-refractivity contribution in [2.45, 2.75) is 11.8 Å². The zero-order chi connectivity index (χ0) is 14.0. The molecular formula is C13H17ClO4S. The molecule has 0 radical (unpaired) electrons. The van der Waals surface area contributed by atoms with Crippen LogP contribution in [0.4, 0.5) is 0 Å². The van der Waals surface area contributed by atoms with Gasteiger partial charge in [-0.15, -0.1) is 11.6 Å². The van der Waals surface area contributed by atoms with Gasteiger partial charge in [0.25, 0.3) is 0 Å². The third-order valence-electron chi connectivity index (χ3n) is 3.42. The van der Waals surface area contributed by atoms with E-state index in [2.05, 4.69) is 0 Å². The Labute approximate surface area is 118 Å². The number of sulfone groups is 1. The summed E-state index contributed by atoms with van der Waals surface area (Å²) in [4.78, 5) is 0. The minimum absolute atomic E-state index is 0.0762. The highest BCUT2D eigenvalue weighted by atomic mass is 35.5. The smallest absolute Gasteiger partial charge is 0.150 e. The lowest BCUT2D eigenvalue weighted by Crippen LogP contribution is -2.11. The molecule has 19 heavy (non-hydrogen) atoms. The normalized spacial score (nSPS) is 23.0. The molecule has 0 aliphatic carbocycles. The van der Waals surface area contributed by atoms with Crippen LogP contribution in [0.1, 0.15) is 17.4 Å². The Morgan fingerprint density at radius 3 is 2.58 bits per heavy atom. The van der Waals surface area contributed by atoms with Crippen molar-refractivity contribution in [3.63, 3.8) is 0 Å². The van der Waals surface area contributed by atoms with Crippen molar-refractivity contribution >= 4 is 21.4 Å². The van der Waals surface area contributed by atoms with Gasteiger partial charge in [0.05, 0.1) is 31.1 Å². The SMILES string of the molecule is COc1ccc(OC)c(C(Cl)C2CCS(=O)(=O)C2)c1. The molecule has 106 valence electrons. The second-order valence-corrected chi connectivity index (χ2v) is 7.37. The molecule has 2 rings (SSSR count). The van der Waals surface area contributed by atoms with Gasteiger partial charge in [-0.2, -0.15) is 0 Å². The van der Waals surface area contributed by atoms with E-state index in [1.807, 2.05) is 0 Å². The predicted molar refractivity (Wildman–Crippen MR) is 74.9 cm³/mol. The van der Waals surface area contributed by atoms with Crippen molar-refractivity contribution in [1.82, 2.24) is 0 Å². The Morgan fingerprint density at radius 1 is 1.32 bits per heavy atom. The van der Waals surface area contributed by atoms with Gasteiger partial charge >= 0.3 is 0 Å². The topological polar surface area (TPSA) is 52.6 Å². The molecule has 1 saturated heterocycles. The molecule has 2 atom stereocenters. The number of methoxy groups -OCH3 is 2. The molecular weight excluding hydrogens is 288 g/mol. The predicted octanol–water partition coefficient (Wildman–Crippen LogP) is 2.42. The molecule has 6 heteroatoms. The van der Waals surface area contributed by atoms with Crippen LogP contribution < -0.4 is 9.47 Å². The van der Waals surface area contributed by atoms with Crippen molar-refractivity contribution in [2.75, 3.05) is 25.7 Å². The minimum Gasteiger partial charge on any atom is -0.497 e. The number of alkyl halides is 1. The van der Waals surface area contributed by atoms with E-state index in [1.54, 1.807) is 32.4 Å². The monoisotopic (exact) mass is 304 g/mol. The van der Waals surface area contributed by atoms with Gasteiger partial charge in [-0.3, -0.25) is 0 Å². The van der Waals surface area contributed by atoms with E-state index in [4.69, 9.17) is 21.1 Å². The van der Waals surface area contributed by atoms with Crippen molar-refractivity contribution in [3.8, 4) is 11.5 Å². The molecule has 1 aliphatic heterocycles. The summed E-state index contributed by atoms with van der Waals surface area (Å²) < 4.78 is 33.5. The van der Waals surface area contributed by atoms with Gasteiger partial charge < -0.3 is 9.47 Å². The van der Waals surface area contributed by atoms with E-state index >= 15 is 0 Å². The number of rotatable bonds is 4. The maximum absolute atomic E-state index is 11.5. The van der Waals surface area contributed by atoms with E-state index in [0.717, 1.165) is 5.56 Å². The van der Waals surface area contributed by atoms with Gasteiger partial charge in [0.1, 0.15) is 11.5 Å². The van der Waals surface area contributed by atoms with Crippen LogP contribution in [-0.2, 0) is 9.84 Å². The van der Waals surface area contributed by atoms with E-state index < -0.39 is 9.84 Å². The summed E-state index contributed by atoms with van der Waals surface area (Å²) in [6.45, 7) is 0. The van der Waals surface area contributed by atoms with Crippen molar-refractivity contribution < 1.29 is 17.9 Å². The number of hydrogen-bond donors (Lipinski definition) is 0. The fraction of sp³-hybridized carbons (Fsp3) is 0.538. The quantitative estimate of drug-likeness (QED) is 0.802. The van der Waals surface area contributed by atoms with Crippen LogP contribution in [0, 0.1) is 5.92 Å². The zero-order valence-electron chi connectivity index (χ0n) is 10.9. The second kappa shape index (κ2) is 5.59. The Balaban J connectivity index is 2.30. The number of hydrogen-bond acceptors (Lipinski definition) is 4. The molecule has 0 bridgehead atoms. The second-order valence-electron chi connectivity index (χ2n) is 4.67. The lowest BCUT2D eigenvalue weighted by molar-refractivity contribution is 0.394. The van der Waals surface area contributed by atoms with E-state index in [0.29, 0.717) is 17.9 Å². The van der Waals surface area contributed by atoms with Crippen LogP contribution in [-0.4, -0.2) is 34.1 Å². The first kappa shape index (κ1) is 14.5. The summed E-state index contributed by atoms with van der Waals surface area (Å²) in [7, 11) is 0.208. The van der Waals surface area contributed by atoms with Gasteiger partial charge in [-0.25, -0.2) is 8.42 Å². The van der Waals surface area contributed by atoms with E-state index in [1.165, 1.54) is 0 Å². The van der Waals surface area contributed by atoms with Crippen molar-refractivity contribution in [3.05, 3.63) is 23.8 Å². The standard InChI is InChI=1S/C13H17ClO4S/c1-17-10-3-4-12(18-2)11(7-10)13(14)9-5-6-19(15,16)8-9/h3-4,7,9,13H,5-6,8H2,1-2H3. The molecule has 2 unspecified atom stereocenters. The van der Waals surface area contributed by atoms with Crippen LogP contribution in [0.2, 0.25) is 0 Å². The lowest BCUT2D eigenvalue weighted by atomic mass is 9.97. The Bertz CT molecular complexity index is 556. The Morgan fingerprint density at radius 2 is 2.05 bits per heavy atom. The van der Waals surface area contributed by atoms with Gasteiger partial charge in [-0.05, 0) is 30.5 Å². The molecule has 1 aromatic rings. The fourth-order valence-electron chi connectivity index (χ4n) is 2.36. The summed E-state index contributed by atoms with van der Waals surface area (Å²) in [5.41, 5.74) is 0.783. The minimum atomic E-state index is -2.94. The number of halogens is 1. The van der Waals surface area contributed by atoms with Gasteiger partial charge in [-0.1, -0.05) is 0 Å². The Kier molecular flexibility index (Phi) is 4.26. The molecule has 1 aliphatic rings. The summed E-state index contributed by atoms with van der Waals surface area (Å²) >= 11 is 6.45. The average Bonchev–Trinajstić information content (AvgIpc) is 2.77. The Hall–Kier alpha value is -0.940. The van der Waals surface area contributed by atoms with E-state index in [-0.39, 0.29) is 22.8 Å². The first-order chi connectivity index (χ1) is 8.96. The van der Waals surface area contributed by atoms with Crippen LogP contribution in [0.25, 0.3) is 0 Å². The summed E-state index contributed by atoms with van der Waals surface area (Å²) in [5, 5.41) is -0.387. The summed E-state index contributed by atoms with van der Waals surface area (Å²) in [6.07, 6.45) is 0.594. The molecule has 1 fully saturated rings. The van der Waals surface area contributed by atoms with Crippen molar-refractivity contribution in [1.29, 1.82) is 0 Å². The largest absolute Gasteiger partial charge is 0.497 e. The molecule has 0 N–H and O–H groups in total. The highest BCUT2D eigenvalue weighted by molar-refractivity contribution is 7.91. The van der Waals surface area contributed by atoms with Crippen molar-refractivity contribution in [2.24, 2.45) is 5.92 Å². The molecule has 0 spiro atoms. The van der Waals surface area contributed by atoms with Gasteiger partial charge in [0.15, 0.2) is 9.84 Å². The highest BCUT2D eigenvalue weighted by Crippen LogP contribution is 2.41. The summed E-state index contributed by atoms with van der Waals surface area (Å²) in [6, 6.07) is 5.38. The molecule has 0 saturated carbocycles. The zero-order valence-corrected chi connectivity index (χ0v) is 12.5. The molecule has 0 amide bonds. The third kappa shape index (κ3) is 3.15. The molecule has 1 aromatic carbocycles.